The van der Waals surface area contributed by atoms with Crippen LogP contribution in [0.5, 0.6) is 0 Å². The van der Waals surface area contributed by atoms with Gasteiger partial charge >= 0.3 is 0 Å². The third-order valence-corrected chi connectivity index (χ3v) is 1.42. The highest BCUT2D eigenvalue weighted by Gasteiger charge is 2.06. The standard InChI is InChI=1S/C10H21N/c1-6-7-8-9(2)11-10(3,4)5/h6-8H2,1-5H3/b11-9-. The van der Waals surface area contributed by atoms with E-state index in [1.165, 1.54) is 18.6 Å². The Morgan fingerprint density at radius 1 is 1.27 bits per heavy atom. The molecule has 66 valence electrons. The molecular weight excluding hydrogens is 134 g/mol. The van der Waals surface area contributed by atoms with Gasteiger partial charge in [0.15, 0.2) is 0 Å². The number of nitrogens with zero attached hydrogens (tertiary/aromatic N) is 1. The first-order valence-corrected chi connectivity index (χ1v) is 4.51. The van der Waals surface area contributed by atoms with Crippen LogP contribution in [-0.2, 0) is 0 Å². The fraction of sp³-hybridized carbons (Fsp3) is 0.900. The quantitative estimate of drug-likeness (QED) is 0.554. The first-order valence-electron chi connectivity index (χ1n) is 4.51. The smallest absolute Gasteiger partial charge is 0.0523 e. The summed E-state index contributed by atoms with van der Waals surface area (Å²) in [7, 11) is 0. The first-order chi connectivity index (χ1) is 4.95. The van der Waals surface area contributed by atoms with Crippen LogP contribution in [0.4, 0.5) is 0 Å². The van der Waals surface area contributed by atoms with Crippen molar-refractivity contribution in [1.29, 1.82) is 0 Å². The van der Waals surface area contributed by atoms with Crippen molar-refractivity contribution in [2.24, 2.45) is 4.99 Å². The second-order valence-electron chi connectivity index (χ2n) is 4.12. The average molecular weight is 155 g/mol. The van der Waals surface area contributed by atoms with E-state index >= 15 is 0 Å². The Morgan fingerprint density at radius 2 is 1.82 bits per heavy atom. The van der Waals surface area contributed by atoms with Crippen molar-refractivity contribution in [3.63, 3.8) is 0 Å². The molecule has 0 spiro atoms. The first kappa shape index (κ1) is 10.7. The molecule has 0 fully saturated rings. The summed E-state index contributed by atoms with van der Waals surface area (Å²) in [6, 6.07) is 0. The minimum atomic E-state index is 0.109. The average Bonchev–Trinajstić information content (AvgIpc) is 1.79. The van der Waals surface area contributed by atoms with Crippen molar-refractivity contribution < 1.29 is 0 Å². The van der Waals surface area contributed by atoms with Crippen LogP contribution in [-0.4, -0.2) is 11.3 Å². The molecule has 0 heterocycles. The zero-order chi connectivity index (χ0) is 8.91. The number of hydrogen-bond donors (Lipinski definition) is 0. The molecule has 0 radical (unpaired) electrons. The topological polar surface area (TPSA) is 12.4 Å². The molecule has 0 saturated heterocycles. The van der Waals surface area contributed by atoms with Crippen LogP contribution < -0.4 is 0 Å². The van der Waals surface area contributed by atoms with Gasteiger partial charge in [-0.1, -0.05) is 13.3 Å². The fourth-order valence-corrected chi connectivity index (χ4v) is 1.06. The lowest BCUT2D eigenvalue weighted by atomic mass is 10.1. The van der Waals surface area contributed by atoms with E-state index < -0.39 is 0 Å². The monoisotopic (exact) mass is 155 g/mol. The molecule has 11 heavy (non-hydrogen) atoms. The van der Waals surface area contributed by atoms with Gasteiger partial charge in [0.1, 0.15) is 0 Å². The van der Waals surface area contributed by atoms with Gasteiger partial charge in [-0.2, -0.15) is 0 Å². The van der Waals surface area contributed by atoms with Gasteiger partial charge in [-0.05, 0) is 40.5 Å². The van der Waals surface area contributed by atoms with Crippen LogP contribution in [0.1, 0.15) is 53.9 Å². The second kappa shape index (κ2) is 4.53. The molecule has 1 heteroatoms. The lowest BCUT2D eigenvalue weighted by molar-refractivity contribution is 0.580. The van der Waals surface area contributed by atoms with Crippen LogP contribution >= 0.6 is 0 Å². The Balaban J connectivity index is 3.81. The van der Waals surface area contributed by atoms with E-state index in [-0.39, 0.29) is 5.54 Å². The van der Waals surface area contributed by atoms with Crippen LogP contribution in [0.15, 0.2) is 4.99 Å². The summed E-state index contributed by atoms with van der Waals surface area (Å²) in [5.41, 5.74) is 1.40. The maximum atomic E-state index is 4.56. The van der Waals surface area contributed by atoms with E-state index in [2.05, 4.69) is 39.6 Å². The molecule has 0 N–H and O–H groups in total. The molecule has 1 nitrogen and oxygen atoms in total. The molecule has 0 aromatic heterocycles. The normalized spacial score (nSPS) is 13.7. The summed E-state index contributed by atoms with van der Waals surface area (Å²) in [5, 5.41) is 0. The zero-order valence-electron chi connectivity index (χ0n) is 8.57. The highest BCUT2D eigenvalue weighted by atomic mass is 14.8. The highest BCUT2D eigenvalue weighted by molar-refractivity contribution is 5.82. The van der Waals surface area contributed by atoms with Gasteiger partial charge in [0.05, 0.1) is 5.54 Å². The van der Waals surface area contributed by atoms with Crippen molar-refractivity contribution in [1.82, 2.24) is 0 Å². The van der Waals surface area contributed by atoms with E-state index in [9.17, 15) is 0 Å². The van der Waals surface area contributed by atoms with Gasteiger partial charge in [0.2, 0.25) is 0 Å². The van der Waals surface area contributed by atoms with Crippen molar-refractivity contribution in [3.8, 4) is 0 Å². The molecule has 0 aliphatic heterocycles. The summed E-state index contributed by atoms with van der Waals surface area (Å²) in [4.78, 5) is 4.56. The van der Waals surface area contributed by atoms with Gasteiger partial charge in [0.25, 0.3) is 0 Å². The Kier molecular flexibility index (Phi) is 4.39. The van der Waals surface area contributed by atoms with E-state index in [1.54, 1.807) is 0 Å². The number of aliphatic imine (C=N–C) groups is 1. The summed E-state index contributed by atoms with van der Waals surface area (Å²) in [5.74, 6) is 0. The summed E-state index contributed by atoms with van der Waals surface area (Å²) in [6.45, 7) is 10.8. The molecule has 0 aliphatic carbocycles. The third-order valence-electron chi connectivity index (χ3n) is 1.42. The highest BCUT2D eigenvalue weighted by Crippen LogP contribution is 2.08. The molecule has 0 bridgehead atoms. The Labute approximate surface area is 70.9 Å². The molecule has 0 atom stereocenters. The van der Waals surface area contributed by atoms with Crippen LogP contribution in [0, 0.1) is 0 Å². The molecule has 0 aliphatic rings. The Hall–Kier alpha value is -0.330. The van der Waals surface area contributed by atoms with Crippen molar-refractivity contribution >= 4 is 5.71 Å². The zero-order valence-corrected chi connectivity index (χ0v) is 8.57. The maximum Gasteiger partial charge on any atom is 0.0523 e. The lowest BCUT2D eigenvalue weighted by Gasteiger charge is -2.13. The van der Waals surface area contributed by atoms with Gasteiger partial charge in [-0.3, -0.25) is 4.99 Å². The van der Waals surface area contributed by atoms with Gasteiger partial charge in [0, 0.05) is 5.71 Å². The fourth-order valence-electron chi connectivity index (χ4n) is 1.06. The van der Waals surface area contributed by atoms with Crippen LogP contribution in [0.2, 0.25) is 0 Å². The molecule has 0 unspecified atom stereocenters. The van der Waals surface area contributed by atoms with E-state index in [1.807, 2.05) is 0 Å². The van der Waals surface area contributed by atoms with Gasteiger partial charge in [-0.15, -0.1) is 0 Å². The largest absolute Gasteiger partial charge is 0.289 e. The molecule has 0 saturated carbocycles. The number of hydrogen-bond acceptors (Lipinski definition) is 1. The van der Waals surface area contributed by atoms with Gasteiger partial charge in [-0.25, -0.2) is 0 Å². The minimum absolute atomic E-state index is 0.109. The Bertz CT molecular complexity index is 128. The lowest BCUT2D eigenvalue weighted by Crippen LogP contribution is -2.12. The summed E-state index contributed by atoms with van der Waals surface area (Å²) >= 11 is 0. The number of unbranched alkanes of at least 4 members (excludes halogenated alkanes) is 1. The molecule has 0 aromatic rings. The van der Waals surface area contributed by atoms with E-state index in [4.69, 9.17) is 0 Å². The number of rotatable bonds is 3. The molecule has 0 rings (SSSR count). The molecule has 0 amide bonds. The SMILES string of the molecule is CCCC/C(C)=N\C(C)(C)C. The molecule has 0 aromatic carbocycles. The third kappa shape index (κ3) is 7.57. The predicted molar refractivity (Wildman–Crippen MR) is 52.4 cm³/mol. The van der Waals surface area contributed by atoms with E-state index in [0.717, 1.165) is 6.42 Å². The van der Waals surface area contributed by atoms with Crippen LogP contribution in [0.3, 0.4) is 0 Å². The van der Waals surface area contributed by atoms with E-state index in [0.29, 0.717) is 0 Å². The molecular formula is C10H21N. The summed E-state index contributed by atoms with van der Waals surface area (Å²) in [6.07, 6.45) is 3.69. The minimum Gasteiger partial charge on any atom is -0.289 e. The predicted octanol–water partition coefficient (Wildman–Crippen LogP) is 3.44. The maximum absolute atomic E-state index is 4.56. The van der Waals surface area contributed by atoms with Crippen molar-refractivity contribution in [2.75, 3.05) is 0 Å². The summed E-state index contributed by atoms with van der Waals surface area (Å²) < 4.78 is 0. The van der Waals surface area contributed by atoms with Crippen molar-refractivity contribution in [2.45, 2.75) is 59.4 Å². The Morgan fingerprint density at radius 3 is 2.18 bits per heavy atom. The van der Waals surface area contributed by atoms with Gasteiger partial charge < -0.3 is 0 Å². The van der Waals surface area contributed by atoms with Crippen LogP contribution in [0.25, 0.3) is 0 Å². The van der Waals surface area contributed by atoms with Crippen molar-refractivity contribution in [3.05, 3.63) is 0 Å². The second-order valence-corrected chi connectivity index (χ2v) is 4.12.